The van der Waals surface area contributed by atoms with Crippen molar-refractivity contribution in [3.05, 3.63) is 17.5 Å². The number of aromatic nitrogens is 2. The molecule has 0 aliphatic heterocycles. The Labute approximate surface area is 85.8 Å². The normalized spacial score (nSPS) is 19.4. The smallest absolute Gasteiger partial charge is 0.307 e. The highest BCUT2D eigenvalue weighted by atomic mass is 32.2. The largest absolute Gasteiger partial charge is 0.481 e. The summed E-state index contributed by atoms with van der Waals surface area (Å²) in [5.41, 5.74) is 1.88. The lowest BCUT2D eigenvalue weighted by atomic mass is 10.1. The first-order valence-corrected chi connectivity index (χ1v) is 5.54. The van der Waals surface area contributed by atoms with Crippen LogP contribution in [-0.2, 0) is 17.6 Å². The number of carbonyl (C=O) groups is 1. The molecule has 1 N–H and O–H groups in total. The van der Waals surface area contributed by atoms with E-state index in [1.165, 1.54) is 11.8 Å². The second-order valence-electron chi connectivity index (χ2n) is 3.27. The topological polar surface area (TPSA) is 63.1 Å². The van der Waals surface area contributed by atoms with Crippen molar-refractivity contribution in [3.63, 3.8) is 0 Å². The van der Waals surface area contributed by atoms with E-state index in [-0.39, 0.29) is 5.92 Å². The molecule has 0 saturated carbocycles. The third-order valence-corrected chi connectivity index (χ3v) is 2.93. The van der Waals surface area contributed by atoms with Gasteiger partial charge in [-0.25, -0.2) is 9.97 Å². The number of hydrogen-bond donors (Lipinski definition) is 1. The Bertz CT molecular complexity index is 381. The highest BCUT2D eigenvalue weighted by molar-refractivity contribution is 7.98. The van der Waals surface area contributed by atoms with Gasteiger partial charge in [0.15, 0.2) is 5.16 Å². The van der Waals surface area contributed by atoms with Crippen LogP contribution in [0.2, 0.25) is 0 Å². The number of carboxylic acids is 1. The molecule has 1 aliphatic carbocycles. The van der Waals surface area contributed by atoms with E-state index in [2.05, 4.69) is 9.97 Å². The van der Waals surface area contributed by atoms with E-state index in [0.717, 1.165) is 16.4 Å². The highest BCUT2D eigenvalue weighted by Gasteiger charge is 2.28. The molecule has 1 aliphatic rings. The molecule has 1 heterocycles. The zero-order chi connectivity index (χ0) is 10.1. The molecule has 74 valence electrons. The molecule has 1 atom stereocenters. The highest BCUT2D eigenvalue weighted by Crippen LogP contribution is 2.25. The molecule has 1 unspecified atom stereocenters. The zero-order valence-corrected chi connectivity index (χ0v) is 8.54. The monoisotopic (exact) mass is 210 g/mol. The molecule has 0 fully saturated rings. The Morgan fingerprint density at radius 2 is 2.43 bits per heavy atom. The number of rotatable bonds is 2. The van der Waals surface area contributed by atoms with Crippen LogP contribution in [0.15, 0.2) is 11.4 Å². The van der Waals surface area contributed by atoms with Crippen LogP contribution >= 0.6 is 11.8 Å². The van der Waals surface area contributed by atoms with Gasteiger partial charge < -0.3 is 5.11 Å². The van der Waals surface area contributed by atoms with E-state index in [1.807, 2.05) is 6.26 Å². The summed E-state index contributed by atoms with van der Waals surface area (Å²) in [5, 5.41) is 9.58. The summed E-state index contributed by atoms with van der Waals surface area (Å²) in [7, 11) is 0. The first-order valence-electron chi connectivity index (χ1n) is 4.32. The second-order valence-corrected chi connectivity index (χ2v) is 4.05. The fourth-order valence-electron chi connectivity index (χ4n) is 1.62. The third kappa shape index (κ3) is 1.59. The van der Waals surface area contributed by atoms with Crippen molar-refractivity contribution in [2.75, 3.05) is 6.26 Å². The number of fused-ring (bicyclic) bond motifs is 1. The minimum Gasteiger partial charge on any atom is -0.481 e. The third-order valence-electron chi connectivity index (χ3n) is 2.37. The Morgan fingerprint density at radius 3 is 3.07 bits per heavy atom. The molecule has 0 bridgehead atoms. The Kier molecular flexibility index (Phi) is 2.41. The van der Waals surface area contributed by atoms with E-state index in [1.54, 1.807) is 6.20 Å². The number of carboxylic acid groups (broad SMARTS) is 1. The van der Waals surface area contributed by atoms with Crippen molar-refractivity contribution >= 4 is 17.7 Å². The predicted molar refractivity (Wildman–Crippen MR) is 52.3 cm³/mol. The summed E-state index contributed by atoms with van der Waals surface area (Å²) in [6.45, 7) is 0. The van der Waals surface area contributed by atoms with Crippen LogP contribution in [0, 0.1) is 5.92 Å². The first kappa shape index (κ1) is 9.45. The van der Waals surface area contributed by atoms with Crippen LogP contribution in [0.4, 0.5) is 0 Å². The molecule has 0 radical (unpaired) electrons. The van der Waals surface area contributed by atoms with Gasteiger partial charge >= 0.3 is 5.97 Å². The van der Waals surface area contributed by atoms with Crippen LogP contribution in [-0.4, -0.2) is 27.3 Å². The second kappa shape index (κ2) is 3.57. The molecule has 0 amide bonds. The lowest BCUT2D eigenvalue weighted by molar-refractivity contribution is -0.141. The maximum absolute atomic E-state index is 10.8. The maximum Gasteiger partial charge on any atom is 0.307 e. The predicted octanol–water partition coefficient (Wildman–Crippen LogP) is 0.998. The maximum atomic E-state index is 10.8. The van der Waals surface area contributed by atoms with Crippen LogP contribution in [0.25, 0.3) is 0 Å². The quantitative estimate of drug-likeness (QED) is 0.582. The molecule has 5 heteroatoms. The van der Waals surface area contributed by atoms with Crippen LogP contribution in [0.3, 0.4) is 0 Å². The molecule has 14 heavy (non-hydrogen) atoms. The van der Waals surface area contributed by atoms with E-state index in [0.29, 0.717) is 12.8 Å². The van der Waals surface area contributed by atoms with Gasteiger partial charge in [-0.05, 0) is 18.2 Å². The lowest BCUT2D eigenvalue weighted by Gasteiger charge is -1.98. The molecule has 4 nitrogen and oxygen atoms in total. The van der Waals surface area contributed by atoms with Crippen molar-refractivity contribution < 1.29 is 9.90 Å². The summed E-state index contributed by atoms with van der Waals surface area (Å²) in [6.07, 6.45) is 4.77. The minimum atomic E-state index is -0.742. The molecular formula is C9H10N2O2S. The molecule has 1 aromatic heterocycles. The SMILES string of the molecule is CSc1ncc2c(n1)CC(C(=O)O)C2. The molecule has 0 spiro atoms. The van der Waals surface area contributed by atoms with E-state index in [4.69, 9.17) is 5.11 Å². The van der Waals surface area contributed by atoms with E-state index >= 15 is 0 Å². The average Bonchev–Trinajstić information content (AvgIpc) is 2.59. The van der Waals surface area contributed by atoms with E-state index in [9.17, 15) is 4.79 Å². The van der Waals surface area contributed by atoms with Crippen molar-refractivity contribution in [1.82, 2.24) is 9.97 Å². The van der Waals surface area contributed by atoms with Crippen molar-refractivity contribution in [3.8, 4) is 0 Å². The molecule has 1 aromatic rings. The Morgan fingerprint density at radius 1 is 1.64 bits per heavy atom. The molecule has 2 rings (SSSR count). The fourth-order valence-corrected chi connectivity index (χ4v) is 1.97. The molecular weight excluding hydrogens is 200 g/mol. The first-order chi connectivity index (χ1) is 6.70. The lowest BCUT2D eigenvalue weighted by Crippen LogP contribution is -2.13. The van der Waals surface area contributed by atoms with Crippen molar-refractivity contribution in [1.29, 1.82) is 0 Å². The standard InChI is InChI=1S/C9H10N2O2S/c1-14-9-10-4-6-2-5(8(12)13)3-7(6)11-9/h4-5H,2-3H2,1H3,(H,12,13). The molecule has 0 saturated heterocycles. The van der Waals surface area contributed by atoms with Gasteiger partial charge in [0.1, 0.15) is 0 Å². The Balaban J connectivity index is 2.27. The summed E-state index contributed by atoms with van der Waals surface area (Å²) in [4.78, 5) is 19.2. The van der Waals surface area contributed by atoms with Gasteiger partial charge in [-0.3, -0.25) is 4.79 Å². The van der Waals surface area contributed by atoms with Crippen LogP contribution in [0.5, 0.6) is 0 Å². The van der Waals surface area contributed by atoms with Gasteiger partial charge in [0.05, 0.1) is 5.92 Å². The summed E-state index contributed by atoms with van der Waals surface area (Å²) < 4.78 is 0. The number of thioether (sulfide) groups is 1. The number of hydrogen-bond acceptors (Lipinski definition) is 4. The van der Waals surface area contributed by atoms with Gasteiger partial charge in [0.25, 0.3) is 0 Å². The number of aliphatic carboxylic acids is 1. The van der Waals surface area contributed by atoms with Gasteiger partial charge in [-0.1, -0.05) is 11.8 Å². The zero-order valence-electron chi connectivity index (χ0n) is 7.73. The van der Waals surface area contributed by atoms with Crippen LogP contribution < -0.4 is 0 Å². The van der Waals surface area contributed by atoms with Crippen molar-refractivity contribution in [2.45, 2.75) is 18.0 Å². The molecule has 0 aromatic carbocycles. The Hall–Kier alpha value is -1.10. The van der Waals surface area contributed by atoms with Gasteiger partial charge in [-0.15, -0.1) is 0 Å². The van der Waals surface area contributed by atoms with Gasteiger partial charge in [-0.2, -0.15) is 0 Å². The number of nitrogens with zero attached hydrogens (tertiary/aromatic N) is 2. The summed E-state index contributed by atoms with van der Waals surface area (Å²) in [5.74, 6) is -1.05. The summed E-state index contributed by atoms with van der Waals surface area (Å²) in [6, 6.07) is 0. The summed E-state index contributed by atoms with van der Waals surface area (Å²) >= 11 is 1.47. The van der Waals surface area contributed by atoms with Gasteiger partial charge in [0, 0.05) is 18.3 Å². The van der Waals surface area contributed by atoms with E-state index < -0.39 is 5.97 Å². The average molecular weight is 210 g/mol. The minimum absolute atomic E-state index is 0.309. The van der Waals surface area contributed by atoms with Crippen molar-refractivity contribution in [2.24, 2.45) is 5.92 Å². The van der Waals surface area contributed by atoms with Gasteiger partial charge in [0.2, 0.25) is 0 Å². The fraction of sp³-hybridized carbons (Fsp3) is 0.444. The van der Waals surface area contributed by atoms with Crippen LogP contribution in [0.1, 0.15) is 11.3 Å².